The van der Waals surface area contributed by atoms with Crippen LogP contribution in [-0.2, 0) is 11.3 Å². The minimum Gasteiger partial charge on any atom is -0.494 e. The molecule has 1 aliphatic heterocycles. The molecular formula is C30H29N3O3. The third kappa shape index (κ3) is 5.09. The number of aliphatic imine (C=N–C) groups is 1. The van der Waals surface area contributed by atoms with E-state index >= 15 is 0 Å². The van der Waals surface area contributed by atoms with Crippen molar-refractivity contribution in [3.8, 4) is 5.88 Å². The molecule has 182 valence electrons. The zero-order valence-electron chi connectivity index (χ0n) is 20.3. The first kappa shape index (κ1) is 23.6. The van der Waals surface area contributed by atoms with Crippen LogP contribution in [0.1, 0.15) is 40.4 Å². The van der Waals surface area contributed by atoms with E-state index in [0.717, 1.165) is 42.7 Å². The molecule has 0 unspecified atom stereocenters. The van der Waals surface area contributed by atoms with E-state index in [4.69, 9.17) is 9.73 Å². The van der Waals surface area contributed by atoms with Crippen LogP contribution in [0.15, 0.2) is 89.9 Å². The maximum absolute atomic E-state index is 12.2. The Bertz CT molecular complexity index is 1420. The van der Waals surface area contributed by atoms with E-state index in [1.165, 1.54) is 5.56 Å². The summed E-state index contributed by atoms with van der Waals surface area (Å²) in [6.07, 6.45) is 5.55. The Labute approximate surface area is 210 Å². The van der Waals surface area contributed by atoms with E-state index < -0.39 is 5.97 Å². The number of rotatable bonds is 7. The fraction of sp³-hybridized carbons (Fsp3) is 0.200. The van der Waals surface area contributed by atoms with Gasteiger partial charge in [0.1, 0.15) is 0 Å². The van der Waals surface area contributed by atoms with Gasteiger partial charge in [-0.3, -0.25) is 4.90 Å². The molecular weight excluding hydrogens is 450 g/mol. The first-order chi connectivity index (χ1) is 17.6. The van der Waals surface area contributed by atoms with Crippen molar-refractivity contribution in [2.45, 2.75) is 19.9 Å². The third-order valence-electron chi connectivity index (χ3n) is 6.30. The number of benzene rings is 3. The molecule has 1 aliphatic rings. The lowest BCUT2D eigenvalue weighted by Gasteiger charge is -2.22. The Kier molecular flexibility index (Phi) is 6.96. The largest absolute Gasteiger partial charge is 0.494 e. The summed E-state index contributed by atoms with van der Waals surface area (Å²) in [6, 6.07) is 23.3. The van der Waals surface area contributed by atoms with Gasteiger partial charge < -0.3 is 14.8 Å². The Hall–Kier alpha value is -4.16. The predicted octanol–water partition coefficient (Wildman–Crippen LogP) is 5.98. The molecule has 3 aromatic carbocycles. The van der Waals surface area contributed by atoms with Gasteiger partial charge in [-0.15, -0.1) is 0 Å². The highest BCUT2D eigenvalue weighted by Gasteiger charge is 2.20. The van der Waals surface area contributed by atoms with Crippen LogP contribution >= 0.6 is 0 Å². The van der Waals surface area contributed by atoms with Crippen molar-refractivity contribution in [2.75, 3.05) is 19.7 Å². The highest BCUT2D eigenvalue weighted by atomic mass is 16.5. The van der Waals surface area contributed by atoms with Gasteiger partial charge in [0.05, 0.1) is 29.1 Å². The van der Waals surface area contributed by atoms with Gasteiger partial charge in [-0.2, -0.15) is 0 Å². The molecule has 0 aliphatic carbocycles. The SMILES string of the molecule is CCOC(=O)c1ccc2c(C(=Nc3ccc(CN4CC=CCC4)cc3)c3ccccc3)c(O)[nH]c2c1. The number of aromatic hydroxyl groups is 1. The fourth-order valence-electron chi connectivity index (χ4n) is 4.52. The van der Waals surface area contributed by atoms with E-state index in [1.807, 2.05) is 48.5 Å². The van der Waals surface area contributed by atoms with E-state index in [9.17, 15) is 9.90 Å². The Balaban J connectivity index is 1.52. The number of carbonyl (C=O) groups is 1. The van der Waals surface area contributed by atoms with Crippen LogP contribution in [0.25, 0.3) is 10.9 Å². The van der Waals surface area contributed by atoms with Crippen LogP contribution in [-0.4, -0.2) is 46.4 Å². The molecule has 36 heavy (non-hydrogen) atoms. The fourth-order valence-corrected chi connectivity index (χ4v) is 4.52. The molecule has 0 saturated carbocycles. The van der Waals surface area contributed by atoms with Crippen molar-refractivity contribution >= 4 is 28.3 Å². The van der Waals surface area contributed by atoms with Gasteiger partial charge in [0.15, 0.2) is 5.88 Å². The molecule has 1 aromatic heterocycles. The normalized spacial score (nSPS) is 14.3. The molecule has 4 aromatic rings. The summed E-state index contributed by atoms with van der Waals surface area (Å²) in [7, 11) is 0. The Morgan fingerprint density at radius 3 is 2.56 bits per heavy atom. The minimum atomic E-state index is -0.396. The first-order valence-electron chi connectivity index (χ1n) is 12.2. The summed E-state index contributed by atoms with van der Waals surface area (Å²) in [5.41, 5.74) is 5.23. The lowest BCUT2D eigenvalue weighted by molar-refractivity contribution is 0.0526. The molecule has 0 saturated heterocycles. The zero-order valence-corrected chi connectivity index (χ0v) is 20.3. The van der Waals surface area contributed by atoms with Crippen LogP contribution in [0.4, 0.5) is 5.69 Å². The number of nitrogens with zero attached hydrogens (tertiary/aromatic N) is 2. The van der Waals surface area contributed by atoms with Gasteiger partial charge in [-0.1, -0.05) is 60.7 Å². The maximum Gasteiger partial charge on any atom is 0.338 e. The summed E-state index contributed by atoms with van der Waals surface area (Å²) in [5, 5.41) is 11.7. The summed E-state index contributed by atoms with van der Waals surface area (Å²) < 4.78 is 5.12. The molecule has 6 nitrogen and oxygen atoms in total. The topological polar surface area (TPSA) is 77.9 Å². The average molecular weight is 480 g/mol. The molecule has 0 spiro atoms. The average Bonchev–Trinajstić information content (AvgIpc) is 3.24. The van der Waals surface area contributed by atoms with Gasteiger partial charge in [0.2, 0.25) is 0 Å². The molecule has 0 radical (unpaired) electrons. The van der Waals surface area contributed by atoms with Gasteiger partial charge in [-0.25, -0.2) is 9.79 Å². The number of aromatic nitrogens is 1. The van der Waals surface area contributed by atoms with E-state index in [-0.39, 0.29) is 5.88 Å². The van der Waals surface area contributed by atoms with Gasteiger partial charge in [0, 0.05) is 36.1 Å². The van der Waals surface area contributed by atoms with Crippen molar-refractivity contribution < 1.29 is 14.6 Å². The third-order valence-corrected chi connectivity index (χ3v) is 6.30. The highest BCUT2D eigenvalue weighted by molar-refractivity contribution is 6.22. The van der Waals surface area contributed by atoms with Gasteiger partial charge in [0.25, 0.3) is 0 Å². The quantitative estimate of drug-likeness (QED) is 0.194. The number of fused-ring (bicyclic) bond motifs is 1. The molecule has 6 heteroatoms. The summed E-state index contributed by atoms with van der Waals surface area (Å²) in [4.78, 5) is 22.6. The second-order valence-corrected chi connectivity index (χ2v) is 8.82. The summed E-state index contributed by atoms with van der Waals surface area (Å²) >= 11 is 0. The minimum absolute atomic E-state index is 0.00313. The first-order valence-corrected chi connectivity index (χ1v) is 12.2. The molecule has 0 fully saturated rings. The van der Waals surface area contributed by atoms with Crippen LogP contribution < -0.4 is 0 Å². The standard InChI is InChI=1S/C30H29N3O3/c1-2-36-30(35)23-13-16-25-26(19-23)32-29(34)27(25)28(22-9-5-3-6-10-22)31-24-14-11-21(12-15-24)20-33-17-7-4-8-18-33/h3-7,9-16,19,32,34H,2,8,17-18,20H2,1H3. The summed E-state index contributed by atoms with van der Waals surface area (Å²) in [5.74, 6) is -0.393. The second kappa shape index (κ2) is 10.6. The molecule has 2 heterocycles. The van der Waals surface area contributed by atoms with Crippen LogP contribution in [0.5, 0.6) is 5.88 Å². The predicted molar refractivity (Wildman–Crippen MR) is 143 cm³/mol. The maximum atomic E-state index is 12.2. The number of hydrogen-bond donors (Lipinski definition) is 2. The van der Waals surface area contributed by atoms with Crippen molar-refractivity contribution in [3.63, 3.8) is 0 Å². The van der Waals surface area contributed by atoms with Crippen LogP contribution in [0.3, 0.4) is 0 Å². The number of aromatic amines is 1. The lowest BCUT2D eigenvalue weighted by atomic mass is 10.00. The number of hydrogen-bond acceptors (Lipinski definition) is 5. The van der Waals surface area contributed by atoms with Crippen LogP contribution in [0.2, 0.25) is 0 Å². The van der Waals surface area contributed by atoms with Crippen molar-refractivity contribution in [2.24, 2.45) is 4.99 Å². The number of nitrogens with one attached hydrogen (secondary N) is 1. The summed E-state index contributed by atoms with van der Waals surface area (Å²) in [6.45, 7) is 5.04. The molecule has 5 rings (SSSR count). The van der Waals surface area contributed by atoms with E-state index in [1.54, 1.807) is 19.1 Å². The second-order valence-electron chi connectivity index (χ2n) is 8.82. The van der Waals surface area contributed by atoms with Crippen molar-refractivity contribution in [1.29, 1.82) is 0 Å². The molecule has 0 amide bonds. The number of ether oxygens (including phenoxy) is 1. The molecule has 0 bridgehead atoms. The molecule has 2 N–H and O–H groups in total. The number of H-pyrrole nitrogens is 1. The van der Waals surface area contributed by atoms with E-state index in [0.29, 0.717) is 29.0 Å². The van der Waals surface area contributed by atoms with Gasteiger partial charge >= 0.3 is 5.97 Å². The Morgan fingerprint density at radius 2 is 1.83 bits per heavy atom. The van der Waals surface area contributed by atoms with E-state index in [2.05, 4.69) is 34.2 Å². The number of carbonyl (C=O) groups excluding carboxylic acids is 1. The van der Waals surface area contributed by atoms with Gasteiger partial charge in [-0.05, 0) is 43.2 Å². The smallest absolute Gasteiger partial charge is 0.338 e. The van der Waals surface area contributed by atoms with Crippen LogP contribution in [0, 0.1) is 0 Å². The Morgan fingerprint density at radius 1 is 1.03 bits per heavy atom. The van der Waals surface area contributed by atoms with Crippen molar-refractivity contribution in [1.82, 2.24) is 9.88 Å². The number of esters is 1. The highest BCUT2D eigenvalue weighted by Crippen LogP contribution is 2.32. The zero-order chi connectivity index (χ0) is 24.9. The lowest BCUT2D eigenvalue weighted by Crippen LogP contribution is -2.26. The monoisotopic (exact) mass is 479 g/mol. The van der Waals surface area contributed by atoms with Crippen molar-refractivity contribution in [3.05, 3.63) is 107 Å². The molecule has 0 atom stereocenters.